The summed E-state index contributed by atoms with van der Waals surface area (Å²) >= 11 is 0. The minimum absolute atomic E-state index is 0.483. The summed E-state index contributed by atoms with van der Waals surface area (Å²) in [7, 11) is 0. The van der Waals surface area contributed by atoms with Crippen LogP contribution in [-0.4, -0.2) is 0 Å². The highest BCUT2D eigenvalue weighted by molar-refractivity contribution is 6.26. The molecule has 0 saturated carbocycles. The number of fused-ring (bicyclic) bond motifs is 8. The first-order valence-electron chi connectivity index (χ1n) is 21.0. The van der Waals surface area contributed by atoms with E-state index in [0.717, 1.165) is 50.1 Å². The molecule has 2 heteroatoms. The van der Waals surface area contributed by atoms with E-state index in [0.29, 0.717) is 0 Å². The average Bonchev–Trinajstić information content (AvgIpc) is 3.88. The zero-order chi connectivity index (χ0) is 40.3. The van der Waals surface area contributed by atoms with Crippen LogP contribution in [0.1, 0.15) is 22.3 Å². The normalized spacial score (nSPS) is 12.7. The van der Waals surface area contributed by atoms with Crippen molar-refractivity contribution in [3.63, 3.8) is 0 Å². The molecule has 1 aromatic heterocycles. The van der Waals surface area contributed by atoms with Crippen LogP contribution in [-0.2, 0) is 5.41 Å². The Balaban J connectivity index is 1.10. The number of furan rings is 1. The van der Waals surface area contributed by atoms with Gasteiger partial charge in [0.15, 0.2) is 0 Å². The second kappa shape index (κ2) is 14.1. The van der Waals surface area contributed by atoms with Crippen LogP contribution < -0.4 is 4.90 Å². The van der Waals surface area contributed by atoms with Crippen molar-refractivity contribution in [2.75, 3.05) is 4.90 Å². The summed E-state index contributed by atoms with van der Waals surface area (Å²) in [5, 5.41) is 4.55. The zero-order valence-electron chi connectivity index (χ0n) is 33.4. The Hall–Kier alpha value is -7.94. The van der Waals surface area contributed by atoms with Crippen molar-refractivity contribution < 1.29 is 4.42 Å². The van der Waals surface area contributed by atoms with Crippen molar-refractivity contribution in [3.8, 4) is 33.4 Å². The first-order chi connectivity index (χ1) is 30.3. The van der Waals surface area contributed by atoms with E-state index in [2.05, 4.69) is 241 Å². The molecule has 2 nitrogen and oxygen atoms in total. The monoisotopic (exact) mass is 777 g/mol. The molecule has 61 heavy (non-hydrogen) atoms. The van der Waals surface area contributed by atoms with Gasteiger partial charge < -0.3 is 9.32 Å². The summed E-state index contributed by atoms with van der Waals surface area (Å²) in [5.41, 5.74) is 16.7. The third-order valence-electron chi connectivity index (χ3n) is 12.7. The van der Waals surface area contributed by atoms with Crippen molar-refractivity contribution in [1.29, 1.82) is 0 Å². The molecule has 0 radical (unpaired) electrons. The number of nitrogens with zero attached hydrogens (tertiary/aromatic N) is 1. The second-order valence-electron chi connectivity index (χ2n) is 16.0. The minimum Gasteiger partial charge on any atom is -0.455 e. The van der Waals surface area contributed by atoms with Gasteiger partial charge in [-0.05, 0) is 103 Å². The second-order valence-corrected chi connectivity index (χ2v) is 16.0. The molecule has 0 N–H and O–H groups in total. The van der Waals surface area contributed by atoms with Gasteiger partial charge >= 0.3 is 0 Å². The van der Waals surface area contributed by atoms with E-state index in [-0.39, 0.29) is 0 Å². The third-order valence-corrected chi connectivity index (χ3v) is 12.7. The van der Waals surface area contributed by atoms with Crippen LogP contribution in [0.5, 0.6) is 0 Å². The molecule has 0 bridgehead atoms. The van der Waals surface area contributed by atoms with Crippen molar-refractivity contribution in [2.24, 2.45) is 0 Å². The molecule has 1 aliphatic carbocycles. The van der Waals surface area contributed by atoms with E-state index in [1.807, 2.05) is 0 Å². The summed E-state index contributed by atoms with van der Waals surface area (Å²) < 4.78 is 6.97. The van der Waals surface area contributed by atoms with E-state index in [1.54, 1.807) is 0 Å². The van der Waals surface area contributed by atoms with Crippen LogP contribution in [0.3, 0.4) is 0 Å². The lowest BCUT2D eigenvalue weighted by Crippen LogP contribution is -2.28. The summed E-state index contributed by atoms with van der Waals surface area (Å²) in [6.45, 7) is 0. The van der Waals surface area contributed by atoms with Crippen LogP contribution in [0.4, 0.5) is 17.1 Å². The third kappa shape index (κ3) is 5.43. The topological polar surface area (TPSA) is 16.4 Å². The molecular weight excluding hydrogens is 739 g/mol. The predicted octanol–water partition coefficient (Wildman–Crippen LogP) is 15.9. The number of anilines is 3. The largest absolute Gasteiger partial charge is 0.455 e. The molecule has 1 heterocycles. The summed E-state index contributed by atoms with van der Waals surface area (Å²) in [4.78, 5) is 2.41. The first kappa shape index (κ1) is 35.0. The van der Waals surface area contributed by atoms with E-state index in [1.165, 1.54) is 55.3 Å². The van der Waals surface area contributed by atoms with Crippen LogP contribution >= 0.6 is 0 Å². The van der Waals surface area contributed by atoms with E-state index < -0.39 is 5.41 Å². The number of rotatable bonds is 7. The minimum atomic E-state index is -0.483. The number of hydrogen-bond donors (Lipinski definition) is 0. The molecule has 12 rings (SSSR count). The van der Waals surface area contributed by atoms with Crippen LogP contribution in [0.2, 0.25) is 0 Å². The van der Waals surface area contributed by atoms with Gasteiger partial charge in [-0.2, -0.15) is 0 Å². The van der Waals surface area contributed by atoms with Gasteiger partial charge in [0.25, 0.3) is 0 Å². The maximum Gasteiger partial charge on any atom is 0.143 e. The van der Waals surface area contributed by atoms with Gasteiger partial charge in [0, 0.05) is 22.3 Å². The highest BCUT2D eigenvalue weighted by Crippen LogP contribution is 2.56. The molecule has 10 aromatic carbocycles. The molecule has 0 atom stereocenters. The Morgan fingerprint density at radius 2 is 0.885 bits per heavy atom. The lowest BCUT2D eigenvalue weighted by molar-refractivity contribution is 0.670. The highest BCUT2D eigenvalue weighted by atomic mass is 16.3. The SMILES string of the molecule is c1ccc(-c2ccc(N(c3ccc(C4(c5ccccc5)c5ccccc5-c5ccccc54)cc3)c3cccc4oc5c(-c6ccccc6)cc6ccccc6c5c34)cc2)cc1. The molecule has 11 aromatic rings. The lowest BCUT2D eigenvalue weighted by atomic mass is 9.68. The quantitative estimate of drug-likeness (QED) is 0.160. The van der Waals surface area contributed by atoms with E-state index in [4.69, 9.17) is 4.42 Å². The van der Waals surface area contributed by atoms with Gasteiger partial charge in [-0.1, -0.05) is 194 Å². The van der Waals surface area contributed by atoms with Crippen molar-refractivity contribution in [3.05, 3.63) is 259 Å². The van der Waals surface area contributed by atoms with E-state index >= 15 is 0 Å². The zero-order valence-corrected chi connectivity index (χ0v) is 33.4. The standard InChI is InChI=1S/C59H39NO/c1-4-17-40(18-5-1)41-31-35-46(36-32-41)60(54-29-16-30-55-57(54)56-48-24-11-10-21-43(48)39-51(58(56)61-55)42-19-6-2-7-20-42)47-37-33-45(34-38-47)59(44-22-8-3-9-23-44)52-27-14-12-25-49(52)50-26-13-15-28-53(50)59/h1-39H. The van der Waals surface area contributed by atoms with Crippen LogP contribution in [0.15, 0.2) is 241 Å². The van der Waals surface area contributed by atoms with Gasteiger partial charge in [-0.3, -0.25) is 0 Å². The lowest BCUT2D eigenvalue weighted by Gasteiger charge is -2.34. The molecule has 0 spiro atoms. The molecule has 0 saturated heterocycles. The molecule has 0 fully saturated rings. The van der Waals surface area contributed by atoms with Gasteiger partial charge in [-0.15, -0.1) is 0 Å². The van der Waals surface area contributed by atoms with E-state index in [9.17, 15) is 0 Å². The van der Waals surface area contributed by atoms with Gasteiger partial charge in [-0.25, -0.2) is 0 Å². The fourth-order valence-electron chi connectivity index (χ4n) is 10.1. The molecule has 286 valence electrons. The van der Waals surface area contributed by atoms with Crippen molar-refractivity contribution in [1.82, 2.24) is 0 Å². The molecule has 0 aliphatic heterocycles. The predicted molar refractivity (Wildman–Crippen MR) is 254 cm³/mol. The van der Waals surface area contributed by atoms with Crippen LogP contribution in [0.25, 0.3) is 66.1 Å². The fourth-order valence-corrected chi connectivity index (χ4v) is 10.1. The Kier molecular flexibility index (Phi) is 8.11. The smallest absolute Gasteiger partial charge is 0.143 e. The molecular formula is C59H39NO. The Morgan fingerprint density at radius 1 is 0.361 bits per heavy atom. The average molecular weight is 778 g/mol. The Morgan fingerprint density at radius 3 is 1.56 bits per heavy atom. The van der Waals surface area contributed by atoms with Crippen molar-refractivity contribution in [2.45, 2.75) is 5.41 Å². The molecule has 0 unspecified atom stereocenters. The van der Waals surface area contributed by atoms with Crippen molar-refractivity contribution >= 4 is 49.8 Å². The summed E-state index contributed by atoms with van der Waals surface area (Å²) in [6, 6.07) is 85.8. The first-order valence-corrected chi connectivity index (χ1v) is 21.0. The molecule has 1 aliphatic rings. The van der Waals surface area contributed by atoms with Gasteiger partial charge in [0.1, 0.15) is 11.2 Å². The van der Waals surface area contributed by atoms with Gasteiger partial charge in [0.2, 0.25) is 0 Å². The number of benzene rings is 10. The maximum atomic E-state index is 6.97. The Labute approximate surface area is 355 Å². The Bertz CT molecular complexity index is 3340. The summed E-state index contributed by atoms with van der Waals surface area (Å²) in [5.74, 6) is 0. The summed E-state index contributed by atoms with van der Waals surface area (Å²) in [6.07, 6.45) is 0. The van der Waals surface area contributed by atoms with Gasteiger partial charge in [0.05, 0.1) is 16.5 Å². The highest BCUT2D eigenvalue weighted by Gasteiger charge is 2.45. The maximum absolute atomic E-state index is 6.97. The number of hydrogen-bond acceptors (Lipinski definition) is 2. The fraction of sp³-hybridized carbons (Fsp3) is 0.0169. The molecule has 0 amide bonds. The van der Waals surface area contributed by atoms with Crippen LogP contribution in [0, 0.1) is 0 Å².